The van der Waals surface area contributed by atoms with E-state index in [1.807, 2.05) is 0 Å². The summed E-state index contributed by atoms with van der Waals surface area (Å²) in [5.74, 6) is 1.66. The highest BCUT2D eigenvalue weighted by molar-refractivity contribution is 4.64. The van der Waals surface area contributed by atoms with Crippen LogP contribution in [0.4, 0.5) is 0 Å². The van der Waals surface area contributed by atoms with Gasteiger partial charge in [-0.2, -0.15) is 0 Å². The lowest BCUT2D eigenvalue weighted by atomic mass is 9.92. The minimum absolute atomic E-state index is 0.781. The first kappa shape index (κ1) is 6.09. The largest absolute Gasteiger partial charge is 0.381 e. The molecule has 1 heterocycles. The van der Waals surface area contributed by atoms with Crippen LogP contribution in [-0.2, 0) is 4.74 Å². The van der Waals surface area contributed by atoms with Gasteiger partial charge in [0.2, 0.25) is 0 Å². The second-order valence-corrected chi connectivity index (χ2v) is 2.82. The quantitative estimate of drug-likeness (QED) is 0.465. The van der Waals surface area contributed by atoms with Crippen LogP contribution < -0.4 is 0 Å². The Morgan fingerprint density at radius 2 is 2.00 bits per heavy atom. The van der Waals surface area contributed by atoms with Crippen LogP contribution in [0.25, 0.3) is 0 Å². The lowest BCUT2D eigenvalue weighted by Crippen LogP contribution is -2.22. The van der Waals surface area contributed by atoms with Gasteiger partial charge in [0.25, 0.3) is 0 Å². The second-order valence-electron chi connectivity index (χ2n) is 2.82. The van der Waals surface area contributed by atoms with Crippen molar-refractivity contribution >= 4 is 0 Å². The topological polar surface area (TPSA) is 9.23 Å². The molecule has 0 aliphatic carbocycles. The van der Waals surface area contributed by atoms with Gasteiger partial charge in [0, 0.05) is 13.2 Å². The van der Waals surface area contributed by atoms with Gasteiger partial charge in [-0.25, -0.2) is 0 Å². The first-order chi connectivity index (χ1) is 3.80. The summed E-state index contributed by atoms with van der Waals surface area (Å²) in [6.45, 7) is 6.50. The molecule has 1 aliphatic rings. The molecule has 0 radical (unpaired) electrons. The monoisotopic (exact) mass is 114 g/mol. The van der Waals surface area contributed by atoms with Gasteiger partial charge in [-0.3, -0.25) is 0 Å². The van der Waals surface area contributed by atoms with Gasteiger partial charge >= 0.3 is 0 Å². The molecule has 0 saturated carbocycles. The van der Waals surface area contributed by atoms with Gasteiger partial charge in [0.15, 0.2) is 0 Å². The van der Waals surface area contributed by atoms with Crippen molar-refractivity contribution in [1.29, 1.82) is 0 Å². The minimum atomic E-state index is 0.781. The van der Waals surface area contributed by atoms with Gasteiger partial charge in [-0.1, -0.05) is 13.8 Å². The Morgan fingerprint density at radius 3 is 2.38 bits per heavy atom. The van der Waals surface area contributed by atoms with Gasteiger partial charge in [0.1, 0.15) is 0 Å². The highest BCUT2D eigenvalue weighted by atomic mass is 16.5. The summed E-state index contributed by atoms with van der Waals surface area (Å²) in [5, 5.41) is 0. The van der Waals surface area contributed by atoms with Crippen LogP contribution in [0.1, 0.15) is 20.3 Å². The van der Waals surface area contributed by atoms with Gasteiger partial charge in [0.05, 0.1) is 0 Å². The lowest BCUT2D eigenvalue weighted by Gasteiger charge is -2.24. The molecule has 1 fully saturated rings. The zero-order valence-corrected chi connectivity index (χ0v) is 5.68. The SMILES string of the molecule is C[C@@H]1COCC[C@@H]1C. The number of rotatable bonds is 0. The van der Waals surface area contributed by atoms with E-state index < -0.39 is 0 Å². The summed E-state index contributed by atoms with van der Waals surface area (Å²) in [7, 11) is 0. The molecular weight excluding hydrogens is 100 g/mol. The molecule has 0 spiro atoms. The van der Waals surface area contributed by atoms with Crippen molar-refractivity contribution in [3.8, 4) is 0 Å². The zero-order valence-electron chi connectivity index (χ0n) is 5.68. The molecule has 0 amide bonds. The summed E-state index contributed by atoms with van der Waals surface area (Å²) < 4.78 is 5.25. The van der Waals surface area contributed by atoms with Crippen LogP contribution >= 0.6 is 0 Å². The predicted octanol–water partition coefficient (Wildman–Crippen LogP) is 1.68. The van der Waals surface area contributed by atoms with Gasteiger partial charge in [-0.05, 0) is 18.3 Å². The Morgan fingerprint density at radius 1 is 1.25 bits per heavy atom. The summed E-state index contributed by atoms with van der Waals surface area (Å²) in [5.41, 5.74) is 0. The van der Waals surface area contributed by atoms with Crippen molar-refractivity contribution in [1.82, 2.24) is 0 Å². The fourth-order valence-electron chi connectivity index (χ4n) is 0.987. The Hall–Kier alpha value is -0.0400. The third-order valence-corrected chi connectivity index (χ3v) is 2.07. The molecule has 0 aromatic carbocycles. The predicted molar refractivity (Wildman–Crippen MR) is 33.8 cm³/mol. The van der Waals surface area contributed by atoms with Crippen LogP contribution in [0.2, 0.25) is 0 Å². The molecule has 1 aliphatic heterocycles. The van der Waals surface area contributed by atoms with Gasteiger partial charge < -0.3 is 4.74 Å². The fraction of sp³-hybridized carbons (Fsp3) is 1.00. The summed E-state index contributed by atoms with van der Waals surface area (Å²) in [6.07, 6.45) is 1.25. The molecule has 0 N–H and O–H groups in total. The van der Waals surface area contributed by atoms with Crippen molar-refractivity contribution in [2.45, 2.75) is 20.3 Å². The van der Waals surface area contributed by atoms with Crippen LogP contribution in [0.5, 0.6) is 0 Å². The molecule has 1 heteroatoms. The van der Waals surface area contributed by atoms with Crippen LogP contribution in [0.3, 0.4) is 0 Å². The molecule has 48 valence electrons. The molecule has 2 atom stereocenters. The molecule has 0 aromatic rings. The average molecular weight is 114 g/mol. The average Bonchev–Trinajstić information content (AvgIpc) is 1.77. The molecule has 1 nitrogen and oxygen atoms in total. The second kappa shape index (κ2) is 2.49. The maximum absolute atomic E-state index is 5.25. The van der Waals surface area contributed by atoms with Crippen molar-refractivity contribution in [3.05, 3.63) is 0 Å². The Balaban J connectivity index is 2.28. The van der Waals surface area contributed by atoms with E-state index >= 15 is 0 Å². The maximum atomic E-state index is 5.25. The molecule has 0 aromatic heterocycles. The number of ether oxygens (including phenoxy) is 1. The maximum Gasteiger partial charge on any atom is 0.0494 e. The third kappa shape index (κ3) is 1.22. The smallest absolute Gasteiger partial charge is 0.0494 e. The van der Waals surface area contributed by atoms with Crippen LogP contribution in [-0.4, -0.2) is 13.2 Å². The van der Waals surface area contributed by atoms with Crippen molar-refractivity contribution in [3.63, 3.8) is 0 Å². The minimum Gasteiger partial charge on any atom is -0.381 e. The van der Waals surface area contributed by atoms with Crippen molar-refractivity contribution in [2.24, 2.45) is 11.8 Å². The van der Waals surface area contributed by atoms with E-state index in [0.717, 1.165) is 25.0 Å². The summed E-state index contributed by atoms with van der Waals surface area (Å²) >= 11 is 0. The van der Waals surface area contributed by atoms with Crippen molar-refractivity contribution < 1.29 is 4.74 Å². The molecule has 0 bridgehead atoms. The van der Waals surface area contributed by atoms with E-state index in [4.69, 9.17) is 4.74 Å². The highest BCUT2D eigenvalue weighted by Gasteiger charge is 2.16. The first-order valence-corrected chi connectivity index (χ1v) is 3.38. The fourth-order valence-corrected chi connectivity index (χ4v) is 0.987. The molecule has 8 heavy (non-hydrogen) atoms. The van der Waals surface area contributed by atoms with E-state index in [-0.39, 0.29) is 0 Å². The van der Waals surface area contributed by atoms with E-state index in [9.17, 15) is 0 Å². The normalized spacial score (nSPS) is 39.8. The van der Waals surface area contributed by atoms with E-state index in [1.54, 1.807) is 0 Å². The van der Waals surface area contributed by atoms with Crippen LogP contribution in [0, 0.1) is 11.8 Å². The lowest BCUT2D eigenvalue weighted by molar-refractivity contribution is 0.0303. The molecule has 0 unspecified atom stereocenters. The number of hydrogen-bond donors (Lipinski definition) is 0. The Kier molecular flexibility index (Phi) is 1.90. The first-order valence-electron chi connectivity index (χ1n) is 3.38. The number of hydrogen-bond acceptors (Lipinski definition) is 1. The zero-order chi connectivity index (χ0) is 5.98. The standard InChI is InChI=1S/C7H14O/c1-6-3-4-8-5-7(6)2/h6-7H,3-5H2,1-2H3/t6-,7+/m0/s1. The third-order valence-electron chi connectivity index (χ3n) is 2.07. The molecule has 1 rings (SSSR count). The van der Waals surface area contributed by atoms with E-state index in [2.05, 4.69) is 13.8 Å². The van der Waals surface area contributed by atoms with E-state index in [1.165, 1.54) is 6.42 Å². The molecule has 1 saturated heterocycles. The molecular formula is C7H14O. The van der Waals surface area contributed by atoms with E-state index in [0.29, 0.717) is 0 Å². The Labute approximate surface area is 51.0 Å². The van der Waals surface area contributed by atoms with Gasteiger partial charge in [-0.15, -0.1) is 0 Å². The summed E-state index contributed by atoms with van der Waals surface area (Å²) in [4.78, 5) is 0. The summed E-state index contributed by atoms with van der Waals surface area (Å²) in [6, 6.07) is 0. The Bertz CT molecular complexity index is 60.8. The van der Waals surface area contributed by atoms with Crippen LogP contribution in [0.15, 0.2) is 0 Å². The van der Waals surface area contributed by atoms with Crippen molar-refractivity contribution in [2.75, 3.05) is 13.2 Å². The highest BCUT2D eigenvalue weighted by Crippen LogP contribution is 2.19.